The van der Waals surface area contributed by atoms with E-state index in [2.05, 4.69) is 43.5 Å². The van der Waals surface area contributed by atoms with Gasteiger partial charge in [0.1, 0.15) is 0 Å². The Morgan fingerprint density at radius 2 is 1.90 bits per heavy atom. The molecule has 1 aliphatic rings. The molecule has 3 unspecified atom stereocenters. The monoisotopic (exact) mass is 274 g/mol. The summed E-state index contributed by atoms with van der Waals surface area (Å²) in [5.41, 5.74) is 5.88. The Morgan fingerprint density at radius 3 is 2.55 bits per heavy atom. The Labute approximate surface area is 124 Å². The fourth-order valence-corrected chi connectivity index (χ4v) is 3.77. The second-order valence-corrected chi connectivity index (χ2v) is 6.41. The lowest BCUT2D eigenvalue weighted by Crippen LogP contribution is -2.44. The van der Waals surface area contributed by atoms with Crippen LogP contribution in [0, 0.1) is 18.8 Å². The van der Waals surface area contributed by atoms with Crippen molar-refractivity contribution < 1.29 is 0 Å². The summed E-state index contributed by atoms with van der Waals surface area (Å²) in [6.45, 7) is 4.47. The number of aryl methyl sites for hydroxylation is 2. The summed E-state index contributed by atoms with van der Waals surface area (Å²) in [6.07, 6.45) is 9.11. The van der Waals surface area contributed by atoms with Crippen molar-refractivity contribution >= 4 is 0 Å². The van der Waals surface area contributed by atoms with Gasteiger partial charge in [-0.25, -0.2) is 0 Å². The third-order valence-electron chi connectivity index (χ3n) is 5.09. The molecule has 0 radical (unpaired) electrons. The maximum Gasteiger partial charge on any atom is 0.0244 e. The molecule has 3 atom stereocenters. The number of hydrogen-bond donors (Lipinski definition) is 2. The van der Waals surface area contributed by atoms with Crippen LogP contribution >= 0.6 is 0 Å². The Hall–Kier alpha value is -0.860. The molecule has 112 valence electrons. The first-order valence-corrected chi connectivity index (χ1v) is 8.26. The highest BCUT2D eigenvalue weighted by atomic mass is 15.2. The molecule has 20 heavy (non-hydrogen) atoms. The zero-order valence-electron chi connectivity index (χ0n) is 13.1. The summed E-state index contributed by atoms with van der Waals surface area (Å²) in [4.78, 5) is 0. The number of nitrogens with one attached hydrogen (secondary N) is 1. The van der Waals surface area contributed by atoms with Gasteiger partial charge >= 0.3 is 0 Å². The predicted octanol–water partition coefficient (Wildman–Crippen LogP) is 3.98. The molecule has 0 saturated heterocycles. The SMILES string of the molecule is CCC1CCCCC1C(CCc1ccc(C)cc1)NN. The largest absolute Gasteiger partial charge is 0.271 e. The molecule has 2 heteroatoms. The van der Waals surface area contributed by atoms with E-state index in [-0.39, 0.29) is 0 Å². The zero-order chi connectivity index (χ0) is 14.4. The molecule has 0 aliphatic heterocycles. The summed E-state index contributed by atoms with van der Waals surface area (Å²) in [5.74, 6) is 7.49. The van der Waals surface area contributed by atoms with Gasteiger partial charge in [0, 0.05) is 6.04 Å². The molecule has 1 aromatic carbocycles. The fraction of sp³-hybridized carbons (Fsp3) is 0.667. The molecule has 0 amide bonds. The van der Waals surface area contributed by atoms with Crippen LogP contribution in [-0.4, -0.2) is 6.04 Å². The van der Waals surface area contributed by atoms with Gasteiger partial charge in [-0.2, -0.15) is 0 Å². The third kappa shape index (κ3) is 4.07. The van der Waals surface area contributed by atoms with E-state index in [1.165, 1.54) is 43.2 Å². The maximum atomic E-state index is 5.86. The number of benzene rings is 1. The first-order valence-electron chi connectivity index (χ1n) is 8.26. The summed E-state index contributed by atoms with van der Waals surface area (Å²) in [6, 6.07) is 9.38. The van der Waals surface area contributed by atoms with Gasteiger partial charge in [0.25, 0.3) is 0 Å². The molecule has 0 bridgehead atoms. The first kappa shape index (κ1) is 15.5. The molecular formula is C18H30N2. The fourth-order valence-electron chi connectivity index (χ4n) is 3.77. The highest BCUT2D eigenvalue weighted by Gasteiger charge is 2.29. The van der Waals surface area contributed by atoms with Gasteiger partial charge < -0.3 is 0 Å². The lowest BCUT2D eigenvalue weighted by atomic mass is 9.73. The predicted molar refractivity (Wildman–Crippen MR) is 86.4 cm³/mol. The maximum absolute atomic E-state index is 5.86. The minimum Gasteiger partial charge on any atom is -0.271 e. The average molecular weight is 274 g/mol. The Balaban J connectivity index is 1.92. The van der Waals surface area contributed by atoms with Gasteiger partial charge in [-0.05, 0) is 43.6 Å². The van der Waals surface area contributed by atoms with Gasteiger partial charge in [-0.15, -0.1) is 0 Å². The lowest BCUT2D eigenvalue weighted by molar-refractivity contribution is 0.169. The minimum absolute atomic E-state index is 0.474. The van der Waals surface area contributed by atoms with Gasteiger partial charge in [0.15, 0.2) is 0 Å². The van der Waals surface area contributed by atoms with E-state index in [0.717, 1.165) is 24.7 Å². The molecule has 0 aromatic heterocycles. The second kappa shape index (κ2) is 7.80. The number of rotatable bonds is 6. The number of hydrazine groups is 1. The average Bonchev–Trinajstić information content (AvgIpc) is 2.50. The quantitative estimate of drug-likeness (QED) is 0.608. The van der Waals surface area contributed by atoms with Crippen LogP contribution < -0.4 is 11.3 Å². The summed E-state index contributed by atoms with van der Waals surface area (Å²) >= 11 is 0. The van der Waals surface area contributed by atoms with Crippen molar-refractivity contribution in [3.63, 3.8) is 0 Å². The molecule has 2 rings (SSSR count). The summed E-state index contributed by atoms with van der Waals surface area (Å²) < 4.78 is 0. The highest BCUT2D eigenvalue weighted by molar-refractivity contribution is 5.21. The minimum atomic E-state index is 0.474. The van der Waals surface area contributed by atoms with Crippen molar-refractivity contribution in [2.45, 2.75) is 64.8 Å². The van der Waals surface area contributed by atoms with E-state index in [1.54, 1.807) is 0 Å². The van der Waals surface area contributed by atoms with Crippen LogP contribution in [0.3, 0.4) is 0 Å². The van der Waals surface area contributed by atoms with Crippen molar-refractivity contribution in [3.8, 4) is 0 Å². The van der Waals surface area contributed by atoms with Crippen LogP contribution in [0.4, 0.5) is 0 Å². The molecule has 1 fully saturated rings. The van der Waals surface area contributed by atoms with E-state index >= 15 is 0 Å². The molecule has 3 N–H and O–H groups in total. The second-order valence-electron chi connectivity index (χ2n) is 6.41. The van der Waals surface area contributed by atoms with Crippen molar-refractivity contribution in [3.05, 3.63) is 35.4 Å². The lowest BCUT2D eigenvalue weighted by Gasteiger charge is -2.36. The topological polar surface area (TPSA) is 38.0 Å². The van der Waals surface area contributed by atoms with Crippen molar-refractivity contribution in [1.29, 1.82) is 0 Å². The molecule has 0 spiro atoms. The van der Waals surface area contributed by atoms with Gasteiger partial charge in [0.2, 0.25) is 0 Å². The Morgan fingerprint density at radius 1 is 1.20 bits per heavy atom. The normalized spacial score (nSPS) is 24.6. The van der Waals surface area contributed by atoms with Crippen LogP contribution in [-0.2, 0) is 6.42 Å². The van der Waals surface area contributed by atoms with E-state index in [0.29, 0.717) is 6.04 Å². The van der Waals surface area contributed by atoms with E-state index < -0.39 is 0 Å². The van der Waals surface area contributed by atoms with Crippen molar-refractivity contribution in [2.24, 2.45) is 17.7 Å². The van der Waals surface area contributed by atoms with Crippen LogP contribution in [0.25, 0.3) is 0 Å². The summed E-state index contributed by atoms with van der Waals surface area (Å²) in [7, 11) is 0. The van der Waals surface area contributed by atoms with E-state index in [4.69, 9.17) is 5.84 Å². The van der Waals surface area contributed by atoms with Gasteiger partial charge in [-0.1, -0.05) is 62.4 Å². The van der Waals surface area contributed by atoms with E-state index in [1.807, 2.05) is 0 Å². The Bertz CT molecular complexity index is 385. The molecular weight excluding hydrogens is 244 g/mol. The number of hydrogen-bond acceptors (Lipinski definition) is 2. The van der Waals surface area contributed by atoms with Crippen LogP contribution in [0.15, 0.2) is 24.3 Å². The van der Waals surface area contributed by atoms with E-state index in [9.17, 15) is 0 Å². The van der Waals surface area contributed by atoms with Crippen molar-refractivity contribution in [1.82, 2.24) is 5.43 Å². The summed E-state index contributed by atoms with van der Waals surface area (Å²) in [5, 5.41) is 0. The standard InChI is InChI=1S/C18H30N2/c1-3-16-6-4-5-7-17(16)18(20-19)13-12-15-10-8-14(2)9-11-15/h8-11,16-18,20H,3-7,12-13,19H2,1-2H3. The highest BCUT2D eigenvalue weighted by Crippen LogP contribution is 2.35. The molecule has 1 aliphatic carbocycles. The smallest absolute Gasteiger partial charge is 0.0244 e. The zero-order valence-corrected chi connectivity index (χ0v) is 13.1. The first-order chi connectivity index (χ1) is 9.74. The Kier molecular flexibility index (Phi) is 6.06. The van der Waals surface area contributed by atoms with Gasteiger partial charge in [-0.3, -0.25) is 11.3 Å². The van der Waals surface area contributed by atoms with Gasteiger partial charge in [0.05, 0.1) is 0 Å². The number of nitrogens with two attached hydrogens (primary N) is 1. The molecule has 2 nitrogen and oxygen atoms in total. The van der Waals surface area contributed by atoms with Crippen LogP contribution in [0.2, 0.25) is 0 Å². The third-order valence-corrected chi connectivity index (χ3v) is 5.09. The van der Waals surface area contributed by atoms with Crippen LogP contribution in [0.1, 0.15) is 56.6 Å². The van der Waals surface area contributed by atoms with Crippen molar-refractivity contribution in [2.75, 3.05) is 0 Å². The molecule has 1 aromatic rings. The van der Waals surface area contributed by atoms with Crippen LogP contribution in [0.5, 0.6) is 0 Å². The molecule has 1 saturated carbocycles. The molecule has 0 heterocycles.